The van der Waals surface area contributed by atoms with E-state index >= 15 is 0 Å². The molecule has 0 amide bonds. The average molecular weight is 166 g/mol. The molecule has 1 aromatic carbocycles. The molecule has 64 valence electrons. The summed E-state index contributed by atoms with van der Waals surface area (Å²) in [6.07, 6.45) is 1.33. The molecule has 0 atom stereocenters. The van der Waals surface area contributed by atoms with Crippen molar-refractivity contribution in [1.82, 2.24) is 0 Å². The van der Waals surface area contributed by atoms with Gasteiger partial charge in [-0.3, -0.25) is 0 Å². The number of aromatic hydroxyl groups is 1. The van der Waals surface area contributed by atoms with Gasteiger partial charge in [-0.1, -0.05) is 6.07 Å². The number of aliphatic hydroxyl groups is 1. The molecule has 0 aliphatic rings. The summed E-state index contributed by atoms with van der Waals surface area (Å²) >= 11 is 0. The minimum atomic E-state index is -0.0638. The molecule has 0 saturated heterocycles. The maximum absolute atomic E-state index is 9.23. The van der Waals surface area contributed by atoms with E-state index in [-0.39, 0.29) is 12.4 Å². The molecule has 0 aromatic heterocycles. The number of hydrogen-bond acceptors (Lipinski definition) is 4. The van der Waals surface area contributed by atoms with Crippen LogP contribution in [0.5, 0.6) is 5.75 Å². The highest BCUT2D eigenvalue weighted by Crippen LogP contribution is 2.16. The van der Waals surface area contributed by atoms with Crippen LogP contribution in [0, 0.1) is 0 Å². The Labute approximate surface area is 70.0 Å². The Bertz CT molecular complexity index is 297. The molecule has 0 unspecified atom stereocenters. The maximum Gasteiger partial charge on any atom is 0.124 e. The minimum absolute atomic E-state index is 0.0638. The molecule has 0 bridgehead atoms. The molecule has 0 aliphatic heterocycles. The third kappa shape index (κ3) is 1.73. The van der Waals surface area contributed by atoms with Crippen LogP contribution in [0.15, 0.2) is 23.3 Å². The topological polar surface area (TPSA) is 78.8 Å². The van der Waals surface area contributed by atoms with E-state index in [2.05, 4.69) is 5.10 Å². The second-order valence-corrected chi connectivity index (χ2v) is 2.33. The summed E-state index contributed by atoms with van der Waals surface area (Å²) in [4.78, 5) is 0. The fourth-order valence-electron chi connectivity index (χ4n) is 0.886. The Kier molecular flexibility index (Phi) is 2.66. The highest BCUT2D eigenvalue weighted by molar-refractivity contribution is 5.83. The standard InChI is InChI=1S/C8H10N2O2/c9-10-4-7-3-6(5-11)1-2-8(7)12/h1-4,11-12H,5,9H2. The Morgan fingerprint density at radius 2 is 2.25 bits per heavy atom. The van der Waals surface area contributed by atoms with Gasteiger partial charge in [0.25, 0.3) is 0 Å². The van der Waals surface area contributed by atoms with Gasteiger partial charge >= 0.3 is 0 Å². The number of hydrazone groups is 1. The SMILES string of the molecule is NN=Cc1cc(CO)ccc1O. The molecule has 4 heteroatoms. The Morgan fingerprint density at radius 3 is 2.83 bits per heavy atom. The third-order valence-electron chi connectivity index (χ3n) is 1.49. The summed E-state index contributed by atoms with van der Waals surface area (Å²) in [6.45, 7) is -0.0638. The summed E-state index contributed by atoms with van der Waals surface area (Å²) in [7, 11) is 0. The molecule has 0 aliphatic carbocycles. The van der Waals surface area contributed by atoms with Crippen molar-refractivity contribution in [1.29, 1.82) is 0 Å². The van der Waals surface area contributed by atoms with Gasteiger partial charge in [-0.25, -0.2) is 0 Å². The van der Waals surface area contributed by atoms with Gasteiger partial charge in [0.15, 0.2) is 0 Å². The van der Waals surface area contributed by atoms with Crippen molar-refractivity contribution in [3.8, 4) is 5.75 Å². The van der Waals surface area contributed by atoms with Gasteiger partial charge < -0.3 is 16.1 Å². The maximum atomic E-state index is 9.23. The van der Waals surface area contributed by atoms with Gasteiger partial charge in [0.1, 0.15) is 5.75 Å². The number of aliphatic hydroxyl groups excluding tert-OH is 1. The van der Waals surface area contributed by atoms with Gasteiger partial charge in [-0.2, -0.15) is 5.10 Å². The first-order valence-electron chi connectivity index (χ1n) is 3.44. The summed E-state index contributed by atoms with van der Waals surface area (Å²) < 4.78 is 0. The van der Waals surface area contributed by atoms with E-state index in [1.165, 1.54) is 12.3 Å². The molecule has 0 heterocycles. The summed E-state index contributed by atoms with van der Waals surface area (Å²) in [5.41, 5.74) is 1.21. The largest absolute Gasteiger partial charge is 0.507 e. The summed E-state index contributed by atoms with van der Waals surface area (Å²) in [5.74, 6) is 5.02. The zero-order chi connectivity index (χ0) is 8.97. The van der Waals surface area contributed by atoms with Gasteiger partial charge in [-0.05, 0) is 17.7 Å². The number of nitrogens with zero attached hydrogens (tertiary/aromatic N) is 1. The van der Waals surface area contributed by atoms with Crippen molar-refractivity contribution in [2.45, 2.75) is 6.61 Å². The molecule has 0 saturated carbocycles. The predicted octanol–water partition coefficient (Wildman–Crippen LogP) is 0.177. The van der Waals surface area contributed by atoms with Crippen LogP contribution in [-0.2, 0) is 6.61 Å². The normalized spacial score (nSPS) is 10.8. The molecule has 0 spiro atoms. The van der Waals surface area contributed by atoms with E-state index in [1.807, 2.05) is 0 Å². The first-order valence-corrected chi connectivity index (χ1v) is 3.44. The lowest BCUT2D eigenvalue weighted by Crippen LogP contribution is -1.90. The fourth-order valence-corrected chi connectivity index (χ4v) is 0.886. The van der Waals surface area contributed by atoms with Gasteiger partial charge in [-0.15, -0.1) is 0 Å². The first-order chi connectivity index (χ1) is 5.77. The summed E-state index contributed by atoms with van der Waals surface area (Å²) in [5, 5.41) is 21.3. The van der Waals surface area contributed by atoms with Crippen LogP contribution < -0.4 is 5.84 Å². The number of phenolic OH excluding ortho intramolecular Hbond substituents is 1. The molecule has 0 fully saturated rings. The second-order valence-electron chi connectivity index (χ2n) is 2.33. The number of benzene rings is 1. The molecular formula is C8H10N2O2. The fraction of sp³-hybridized carbons (Fsp3) is 0.125. The molecule has 12 heavy (non-hydrogen) atoms. The second kappa shape index (κ2) is 3.73. The highest BCUT2D eigenvalue weighted by Gasteiger charge is 1.98. The number of rotatable bonds is 2. The zero-order valence-electron chi connectivity index (χ0n) is 6.44. The van der Waals surface area contributed by atoms with Crippen LogP contribution in [0.3, 0.4) is 0 Å². The van der Waals surface area contributed by atoms with Crippen LogP contribution in [0.1, 0.15) is 11.1 Å². The minimum Gasteiger partial charge on any atom is -0.507 e. The monoisotopic (exact) mass is 166 g/mol. The predicted molar refractivity (Wildman–Crippen MR) is 45.8 cm³/mol. The smallest absolute Gasteiger partial charge is 0.124 e. The van der Waals surface area contributed by atoms with Crippen LogP contribution in [-0.4, -0.2) is 16.4 Å². The molecule has 1 aromatic rings. The van der Waals surface area contributed by atoms with E-state index in [0.717, 1.165) is 0 Å². The quantitative estimate of drug-likeness (QED) is 0.333. The van der Waals surface area contributed by atoms with Crippen LogP contribution in [0.2, 0.25) is 0 Å². The summed E-state index contributed by atoms with van der Waals surface area (Å²) in [6, 6.07) is 4.73. The van der Waals surface area contributed by atoms with Gasteiger partial charge in [0.2, 0.25) is 0 Å². The van der Waals surface area contributed by atoms with Crippen LogP contribution in [0.25, 0.3) is 0 Å². The molecule has 4 nitrogen and oxygen atoms in total. The van der Waals surface area contributed by atoms with Crippen molar-refractivity contribution in [2.24, 2.45) is 10.9 Å². The van der Waals surface area contributed by atoms with Crippen LogP contribution in [0.4, 0.5) is 0 Å². The van der Waals surface area contributed by atoms with E-state index in [9.17, 15) is 5.11 Å². The van der Waals surface area contributed by atoms with Crippen molar-refractivity contribution >= 4 is 6.21 Å². The number of hydrogen-bond donors (Lipinski definition) is 3. The van der Waals surface area contributed by atoms with Crippen molar-refractivity contribution in [3.63, 3.8) is 0 Å². The zero-order valence-corrected chi connectivity index (χ0v) is 6.44. The lowest BCUT2D eigenvalue weighted by atomic mass is 10.1. The van der Waals surface area contributed by atoms with Gasteiger partial charge in [0.05, 0.1) is 12.8 Å². The van der Waals surface area contributed by atoms with E-state index < -0.39 is 0 Å². The highest BCUT2D eigenvalue weighted by atomic mass is 16.3. The average Bonchev–Trinajstić information content (AvgIpc) is 2.09. The van der Waals surface area contributed by atoms with Crippen molar-refractivity contribution in [2.75, 3.05) is 0 Å². The third-order valence-corrected chi connectivity index (χ3v) is 1.49. The Balaban J connectivity index is 3.08. The Morgan fingerprint density at radius 1 is 1.50 bits per heavy atom. The molecule has 0 radical (unpaired) electrons. The van der Waals surface area contributed by atoms with Crippen molar-refractivity contribution < 1.29 is 10.2 Å². The van der Waals surface area contributed by atoms with E-state index in [4.69, 9.17) is 10.9 Å². The lowest BCUT2D eigenvalue weighted by Gasteiger charge is -2.00. The lowest BCUT2D eigenvalue weighted by molar-refractivity contribution is 0.281. The first kappa shape index (κ1) is 8.55. The van der Waals surface area contributed by atoms with Crippen LogP contribution >= 0.6 is 0 Å². The number of nitrogens with two attached hydrogens (primary N) is 1. The van der Waals surface area contributed by atoms with Crippen molar-refractivity contribution in [3.05, 3.63) is 29.3 Å². The number of phenols is 1. The molecule has 1 rings (SSSR count). The Hall–Kier alpha value is -1.55. The molecular weight excluding hydrogens is 156 g/mol. The molecule has 4 N–H and O–H groups in total. The van der Waals surface area contributed by atoms with E-state index in [0.29, 0.717) is 11.1 Å². The van der Waals surface area contributed by atoms with Gasteiger partial charge in [0, 0.05) is 5.56 Å². The van der Waals surface area contributed by atoms with E-state index in [1.54, 1.807) is 12.1 Å².